The van der Waals surface area contributed by atoms with Crippen LogP contribution in [0.2, 0.25) is 10.0 Å². The first kappa shape index (κ1) is 21.8. The molecule has 2 heterocycles. The number of amides is 1. The first-order chi connectivity index (χ1) is 14.8. The lowest BCUT2D eigenvalue weighted by Crippen LogP contribution is -2.19. The highest BCUT2D eigenvalue weighted by atomic mass is 35.5. The van der Waals surface area contributed by atoms with Gasteiger partial charge in [0.2, 0.25) is 5.91 Å². The monoisotopic (exact) mass is 512 g/mol. The molecule has 0 saturated heterocycles. The van der Waals surface area contributed by atoms with Crippen molar-refractivity contribution in [1.29, 1.82) is 0 Å². The van der Waals surface area contributed by atoms with Gasteiger partial charge in [-0.2, -0.15) is 0 Å². The number of halogens is 3. The fourth-order valence-corrected chi connectivity index (χ4v) is 4.46. The van der Waals surface area contributed by atoms with Crippen LogP contribution in [0.25, 0.3) is 10.9 Å². The van der Waals surface area contributed by atoms with E-state index in [-0.39, 0.29) is 28.2 Å². The molecule has 0 saturated carbocycles. The zero-order valence-electron chi connectivity index (χ0n) is 15.3. The second kappa shape index (κ2) is 8.97. The first-order valence-corrected chi connectivity index (χ1v) is 10.9. The molecule has 158 valence electrons. The number of hydrogen-bond acceptors (Lipinski definition) is 7. The molecule has 31 heavy (non-hydrogen) atoms. The van der Waals surface area contributed by atoms with Gasteiger partial charge in [0.15, 0.2) is 7.91 Å². The van der Waals surface area contributed by atoms with E-state index in [4.69, 9.17) is 47.6 Å². The number of aromatic nitrogens is 4. The molecule has 4 rings (SSSR count). The van der Waals surface area contributed by atoms with Crippen LogP contribution in [0.1, 0.15) is 0 Å². The molecule has 0 atom stereocenters. The third kappa shape index (κ3) is 4.91. The van der Waals surface area contributed by atoms with Gasteiger partial charge in [0, 0.05) is 11.1 Å². The number of fused-ring (bicyclic) bond motifs is 1. The number of hydrogen-bond donors (Lipinski definition) is 3. The maximum atomic E-state index is 14.3. The van der Waals surface area contributed by atoms with Crippen LogP contribution in [0, 0.1) is 13.7 Å². The normalized spacial score (nSPS) is 10.9. The Morgan fingerprint density at radius 1 is 1.19 bits per heavy atom. The molecule has 2 aromatic heterocycles. The Kier molecular flexibility index (Phi) is 6.30. The Balaban J connectivity index is 1.62. The molecule has 1 amide bonds. The van der Waals surface area contributed by atoms with Gasteiger partial charge < -0.3 is 10.6 Å². The molecule has 3 N–H and O–H groups in total. The third-order valence-electron chi connectivity index (χ3n) is 4.11. The lowest BCUT2D eigenvalue weighted by atomic mass is 10.2. The number of anilines is 3. The van der Waals surface area contributed by atoms with Crippen LogP contribution in [0.15, 0.2) is 36.7 Å². The molecule has 13 heteroatoms. The van der Waals surface area contributed by atoms with E-state index in [1.165, 1.54) is 28.4 Å². The number of rotatable bonds is 5. The predicted octanol–water partition coefficient (Wildman–Crippen LogP) is 6.11. The molecule has 0 bridgehead atoms. The molecule has 0 aliphatic carbocycles. The van der Waals surface area contributed by atoms with Gasteiger partial charge in [0.25, 0.3) is 0 Å². The molecule has 7 nitrogen and oxygen atoms in total. The SMILES string of the molecule is O=C(Cn1[nH]c(=S)sc1=S)Nc1ccc2ncnc(Nc3cc(Cl)c(Cl)cc3F)c2c1. The fraction of sp³-hybridized carbons (Fsp3) is 0.0556. The van der Waals surface area contributed by atoms with Gasteiger partial charge in [-0.25, -0.2) is 14.4 Å². The minimum absolute atomic E-state index is 0.0190. The van der Waals surface area contributed by atoms with E-state index in [0.717, 1.165) is 6.07 Å². The van der Waals surface area contributed by atoms with Crippen LogP contribution < -0.4 is 10.6 Å². The predicted molar refractivity (Wildman–Crippen MR) is 126 cm³/mol. The van der Waals surface area contributed by atoms with E-state index in [2.05, 4.69) is 25.7 Å². The van der Waals surface area contributed by atoms with Crippen molar-refractivity contribution in [2.45, 2.75) is 6.54 Å². The number of aromatic amines is 1. The summed E-state index contributed by atoms with van der Waals surface area (Å²) in [6.07, 6.45) is 1.35. The maximum Gasteiger partial charge on any atom is 0.246 e. The summed E-state index contributed by atoms with van der Waals surface area (Å²) in [5.41, 5.74) is 1.20. The molecule has 0 unspecified atom stereocenters. The van der Waals surface area contributed by atoms with Crippen LogP contribution in [0.3, 0.4) is 0 Å². The molecular weight excluding hydrogens is 502 g/mol. The average Bonchev–Trinajstić information content (AvgIpc) is 3.03. The van der Waals surface area contributed by atoms with Crippen LogP contribution in [0.4, 0.5) is 21.6 Å². The molecule has 2 aromatic carbocycles. The van der Waals surface area contributed by atoms with Crippen LogP contribution in [-0.4, -0.2) is 25.7 Å². The molecule has 0 fully saturated rings. The maximum absolute atomic E-state index is 14.3. The van der Waals surface area contributed by atoms with Gasteiger partial charge >= 0.3 is 0 Å². The molecule has 0 aliphatic rings. The smallest absolute Gasteiger partial charge is 0.246 e. The van der Waals surface area contributed by atoms with Gasteiger partial charge in [-0.3, -0.25) is 14.6 Å². The Labute approximate surface area is 198 Å². The fourth-order valence-electron chi connectivity index (χ4n) is 2.74. The number of nitrogens with zero attached hydrogens (tertiary/aromatic N) is 3. The van der Waals surface area contributed by atoms with E-state index in [9.17, 15) is 9.18 Å². The summed E-state index contributed by atoms with van der Waals surface area (Å²) in [6.45, 7) is -0.0190. The number of benzene rings is 2. The van der Waals surface area contributed by atoms with E-state index >= 15 is 0 Å². The lowest BCUT2D eigenvalue weighted by molar-refractivity contribution is -0.116. The van der Waals surface area contributed by atoms with Crippen molar-refractivity contribution in [3.63, 3.8) is 0 Å². The highest BCUT2D eigenvalue weighted by Gasteiger charge is 2.12. The Bertz CT molecular complexity index is 1430. The Hall–Kier alpha value is -2.44. The first-order valence-electron chi connectivity index (χ1n) is 8.56. The summed E-state index contributed by atoms with van der Waals surface area (Å²) in [4.78, 5) is 20.8. The number of nitrogens with one attached hydrogen (secondary N) is 3. The largest absolute Gasteiger partial charge is 0.337 e. The highest BCUT2D eigenvalue weighted by Crippen LogP contribution is 2.31. The minimum atomic E-state index is -0.588. The van der Waals surface area contributed by atoms with Gasteiger partial charge in [0.05, 0.1) is 21.2 Å². The van der Waals surface area contributed by atoms with E-state index in [1.807, 2.05) is 0 Å². The summed E-state index contributed by atoms with van der Waals surface area (Å²) < 4.78 is 16.7. The second-order valence-electron chi connectivity index (χ2n) is 6.23. The number of carbonyl (C=O) groups excluding carboxylic acids is 1. The molecule has 0 spiro atoms. The van der Waals surface area contributed by atoms with Gasteiger partial charge in [-0.1, -0.05) is 34.5 Å². The minimum Gasteiger partial charge on any atom is -0.337 e. The summed E-state index contributed by atoms with van der Waals surface area (Å²) >= 11 is 23.2. The highest BCUT2D eigenvalue weighted by molar-refractivity contribution is 7.75. The second-order valence-corrected chi connectivity index (χ2v) is 9.35. The topological polar surface area (TPSA) is 87.6 Å². The van der Waals surface area contributed by atoms with Crippen molar-refractivity contribution in [2.24, 2.45) is 0 Å². The van der Waals surface area contributed by atoms with Crippen molar-refractivity contribution >= 4 is 93.0 Å². The third-order valence-corrected chi connectivity index (χ3v) is 6.32. The quantitative estimate of drug-likeness (QED) is 0.221. The zero-order chi connectivity index (χ0) is 22.1. The Morgan fingerprint density at radius 2 is 1.97 bits per heavy atom. The van der Waals surface area contributed by atoms with Crippen LogP contribution in [-0.2, 0) is 11.3 Å². The lowest BCUT2D eigenvalue weighted by Gasteiger charge is -2.12. The molecule has 4 aromatic rings. The average molecular weight is 513 g/mol. The van der Waals surface area contributed by atoms with Crippen molar-refractivity contribution < 1.29 is 9.18 Å². The summed E-state index contributed by atoms with van der Waals surface area (Å²) in [6, 6.07) is 7.58. The summed E-state index contributed by atoms with van der Waals surface area (Å²) in [7, 11) is 0. The van der Waals surface area contributed by atoms with Gasteiger partial charge in [-0.05, 0) is 54.8 Å². The summed E-state index contributed by atoms with van der Waals surface area (Å²) in [5, 5.41) is 9.39. The van der Waals surface area contributed by atoms with Crippen molar-refractivity contribution in [2.75, 3.05) is 10.6 Å². The van der Waals surface area contributed by atoms with E-state index < -0.39 is 5.82 Å². The molecule has 0 radical (unpaired) electrons. The van der Waals surface area contributed by atoms with Crippen molar-refractivity contribution in [3.8, 4) is 0 Å². The van der Waals surface area contributed by atoms with Crippen molar-refractivity contribution in [1.82, 2.24) is 19.7 Å². The van der Waals surface area contributed by atoms with Gasteiger partial charge in [0.1, 0.15) is 24.5 Å². The van der Waals surface area contributed by atoms with Crippen molar-refractivity contribution in [3.05, 3.63) is 60.4 Å². The standard InChI is InChI=1S/C18H11Cl2FN6OS3/c19-10-4-12(21)14(5-11(10)20)25-16-9-3-8(1-2-13(9)22-7-23-16)24-15(28)6-27-18(30)31-17(29)26-27/h1-5,7H,6H2,(H,24,28)(H,26,29)(H,22,23,25). The number of H-pyrrole nitrogens is 1. The van der Waals surface area contributed by atoms with E-state index in [1.54, 1.807) is 18.2 Å². The number of carbonyl (C=O) groups is 1. The van der Waals surface area contributed by atoms with E-state index in [0.29, 0.717) is 30.3 Å². The van der Waals surface area contributed by atoms with Gasteiger partial charge in [-0.15, -0.1) is 0 Å². The summed E-state index contributed by atoms with van der Waals surface area (Å²) in [5.74, 6) is -0.556. The zero-order valence-corrected chi connectivity index (χ0v) is 19.2. The molecular formula is C18H11Cl2FN6OS3. The van der Waals surface area contributed by atoms with Crippen LogP contribution >= 0.6 is 59.0 Å². The molecule has 0 aliphatic heterocycles. The Morgan fingerprint density at radius 3 is 2.71 bits per heavy atom. The van der Waals surface area contributed by atoms with Crippen LogP contribution in [0.5, 0.6) is 0 Å².